The summed E-state index contributed by atoms with van der Waals surface area (Å²) in [5.74, 6) is 0. The summed E-state index contributed by atoms with van der Waals surface area (Å²) < 4.78 is 28.4. The molecule has 0 aromatic heterocycles. The maximum absolute atomic E-state index is 12.4. The molecule has 0 spiro atoms. The molecule has 21 heavy (non-hydrogen) atoms. The van der Waals surface area contributed by atoms with Gasteiger partial charge in [-0.15, -0.1) is 0 Å². The lowest BCUT2D eigenvalue weighted by Gasteiger charge is -2.15. The van der Waals surface area contributed by atoms with Crippen LogP contribution in [0, 0.1) is 0 Å². The Hall–Kier alpha value is -1.17. The van der Waals surface area contributed by atoms with Crippen molar-refractivity contribution in [2.24, 2.45) is 0 Å². The second-order valence-corrected chi connectivity index (χ2v) is 7.52. The molecular formula is C16H18BrNO2S. The first-order valence-corrected chi connectivity index (χ1v) is 9.06. The Labute approximate surface area is 134 Å². The standard InChI is InChI=1S/C16H18BrNO2S/c1-3-13-4-10-16(11-5-13)21(19,20)18-12(2)14-6-8-15(17)9-7-14/h4-12,18H,3H2,1-2H3. The molecule has 0 heterocycles. The number of nitrogens with one attached hydrogen (secondary N) is 1. The number of benzene rings is 2. The van der Waals surface area contributed by atoms with Gasteiger partial charge in [0.25, 0.3) is 0 Å². The highest BCUT2D eigenvalue weighted by Gasteiger charge is 2.18. The van der Waals surface area contributed by atoms with Crippen molar-refractivity contribution in [1.82, 2.24) is 4.72 Å². The van der Waals surface area contributed by atoms with Crippen molar-refractivity contribution in [2.45, 2.75) is 31.2 Å². The predicted octanol–water partition coefficient (Wildman–Crippen LogP) is 4.05. The lowest BCUT2D eigenvalue weighted by atomic mass is 10.1. The van der Waals surface area contributed by atoms with E-state index < -0.39 is 10.0 Å². The minimum absolute atomic E-state index is 0.283. The number of sulfonamides is 1. The van der Waals surface area contributed by atoms with Crippen LogP contribution >= 0.6 is 15.9 Å². The van der Waals surface area contributed by atoms with Crippen LogP contribution in [0.1, 0.15) is 31.0 Å². The normalized spacial score (nSPS) is 13.1. The van der Waals surface area contributed by atoms with Crippen LogP contribution in [0.2, 0.25) is 0 Å². The summed E-state index contributed by atoms with van der Waals surface area (Å²) in [6.45, 7) is 3.87. The molecule has 0 aliphatic rings. The molecule has 5 heteroatoms. The molecule has 0 bridgehead atoms. The minimum Gasteiger partial charge on any atom is -0.207 e. The van der Waals surface area contributed by atoms with E-state index in [1.54, 1.807) is 12.1 Å². The van der Waals surface area contributed by atoms with Gasteiger partial charge < -0.3 is 0 Å². The van der Waals surface area contributed by atoms with Crippen molar-refractivity contribution in [3.05, 3.63) is 64.1 Å². The lowest BCUT2D eigenvalue weighted by Crippen LogP contribution is -2.26. The number of hydrogen-bond donors (Lipinski definition) is 1. The van der Waals surface area contributed by atoms with Gasteiger partial charge in [-0.3, -0.25) is 0 Å². The fraction of sp³-hybridized carbons (Fsp3) is 0.250. The molecular weight excluding hydrogens is 350 g/mol. The van der Waals surface area contributed by atoms with E-state index in [0.29, 0.717) is 4.90 Å². The third-order valence-corrected chi connectivity index (χ3v) is 5.43. The van der Waals surface area contributed by atoms with Gasteiger partial charge in [0.2, 0.25) is 10.0 Å². The van der Waals surface area contributed by atoms with Crippen LogP contribution < -0.4 is 4.72 Å². The maximum Gasteiger partial charge on any atom is 0.241 e. The van der Waals surface area contributed by atoms with Crippen molar-refractivity contribution in [1.29, 1.82) is 0 Å². The number of hydrogen-bond acceptors (Lipinski definition) is 2. The zero-order valence-corrected chi connectivity index (χ0v) is 14.4. The average molecular weight is 368 g/mol. The highest BCUT2D eigenvalue weighted by molar-refractivity contribution is 9.10. The van der Waals surface area contributed by atoms with Crippen LogP contribution in [-0.4, -0.2) is 8.42 Å². The summed E-state index contributed by atoms with van der Waals surface area (Å²) >= 11 is 3.37. The number of rotatable bonds is 5. The van der Waals surface area contributed by atoms with E-state index in [1.165, 1.54) is 0 Å². The van der Waals surface area contributed by atoms with Gasteiger partial charge in [-0.05, 0) is 48.7 Å². The Morgan fingerprint density at radius 3 is 2.14 bits per heavy atom. The third kappa shape index (κ3) is 4.15. The Balaban J connectivity index is 2.17. The molecule has 1 atom stereocenters. The fourth-order valence-corrected chi connectivity index (χ4v) is 3.52. The highest BCUT2D eigenvalue weighted by atomic mass is 79.9. The molecule has 0 radical (unpaired) electrons. The van der Waals surface area contributed by atoms with E-state index in [9.17, 15) is 8.42 Å². The van der Waals surface area contributed by atoms with E-state index in [1.807, 2.05) is 50.2 Å². The van der Waals surface area contributed by atoms with Gasteiger partial charge in [0.1, 0.15) is 0 Å². The molecule has 0 fully saturated rings. The fourth-order valence-electron chi connectivity index (χ4n) is 2.02. The summed E-state index contributed by atoms with van der Waals surface area (Å²) in [4.78, 5) is 0.295. The summed E-state index contributed by atoms with van der Waals surface area (Å²) in [6, 6.07) is 14.3. The first-order chi connectivity index (χ1) is 9.92. The molecule has 0 aliphatic heterocycles. The van der Waals surface area contributed by atoms with Gasteiger partial charge in [0.15, 0.2) is 0 Å². The molecule has 3 nitrogen and oxygen atoms in total. The van der Waals surface area contributed by atoms with Crippen LogP contribution in [0.5, 0.6) is 0 Å². The van der Waals surface area contributed by atoms with E-state index in [4.69, 9.17) is 0 Å². The Morgan fingerprint density at radius 2 is 1.62 bits per heavy atom. The van der Waals surface area contributed by atoms with Crippen LogP contribution in [0.3, 0.4) is 0 Å². The Kier molecular flexibility index (Phi) is 5.19. The van der Waals surface area contributed by atoms with Crippen molar-refractivity contribution in [2.75, 3.05) is 0 Å². The number of halogens is 1. The van der Waals surface area contributed by atoms with Crippen LogP contribution in [0.25, 0.3) is 0 Å². The average Bonchev–Trinajstić information content (AvgIpc) is 2.47. The molecule has 0 saturated carbocycles. The van der Waals surface area contributed by atoms with Crippen LogP contribution in [0.15, 0.2) is 57.9 Å². The van der Waals surface area contributed by atoms with Crippen LogP contribution in [-0.2, 0) is 16.4 Å². The molecule has 2 aromatic rings. The molecule has 1 N–H and O–H groups in total. The van der Waals surface area contributed by atoms with Crippen molar-refractivity contribution >= 4 is 26.0 Å². The number of aryl methyl sites for hydroxylation is 1. The monoisotopic (exact) mass is 367 g/mol. The molecule has 1 unspecified atom stereocenters. The van der Waals surface area contributed by atoms with E-state index in [0.717, 1.165) is 22.0 Å². The van der Waals surface area contributed by atoms with Gasteiger partial charge in [0.05, 0.1) is 4.90 Å². The van der Waals surface area contributed by atoms with Gasteiger partial charge >= 0.3 is 0 Å². The molecule has 0 amide bonds. The molecule has 2 aromatic carbocycles. The predicted molar refractivity (Wildman–Crippen MR) is 88.7 cm³/mol. The van der Waals surface area contributed by atoms with E-state index in [-0.39, 0.29) is 6.04 Å². The van der Waals surface area contributed by atoms with Gasteiger partial charge in [0, 0.05) is 10.5 Å². The summed E-state index contributed by atoms with van der Waals surface area (Å²) in [5.41, 5.74) is 2.04. The van der Waals surface area contributed by atoms with Gasteiger partial charge in [-0.2, -0.15) is 0 Å². The maximum atomic E-state index is 12.4. The largest absolute Gasteiger partial charge is 0.241 e. The Morgan fingerprint density at radius 1 is 1.05 bits per heavy atom. The first-order valence-electron chi connectivity index (χ1n) is 6.79. The van der Waals surface area contributed by atoms with E-state index in [2.05, 4.69) is 20.7 Å². The van der Waals surface area contributed by atoms with Crippen molar-refractivity contribution < 1.29 is 8.42 Å². The van der Waals surface area contributed by atoms with Gasteiger partial charge in [-0.25, -0.2) is 13.1 Å². The Bertz CT molecular complexity index is 694. The zero-order valence-electron chi connectivity index (χ0n) is 12.0. The summed E-state index contributed by atoms with van der Waals surface area (Å²) in [5, 5.41) is 0. The second kappa shape index (κ2) is 6.73. The molecule has 2 rings (SSSR count). The van der Waals surface area contributed by atoms with Gasteiger partial charge in [-0.1, -0.05) is 47.1 Å². The third-order valence-electron chi connectivity index (χ3n) is 3.34. The highest BCUT2D eigenvalue weighted by Crippen LogP contribution is 2.19. The minimum atomic E-state index is -3.50. The quantitative estimate of drug-likeness (QED) is 0.866. The van der Waals surface area contributed by atoms with E-state index >= 15 is 0 Å². The lowest BCUT2D eigenvalue weighted by molar-refractivity contribution is 0.567. The molecule has 0 saturated heterocycles. The first kappa shape index (κ1) is 16.2. The summed E-state index contributed by atoms with van der Waals surface area (Å²) in [6.07, 6.45) is 0.892. The summed E-state index contributed by atoms with van der Waals surface area (Å²) in [7, 11) is -3.50. The SMILES string of the molecule is CCc1ccc(S(=O)(=O)NC(C)c2ccc(Br)cc2)cc1. The van der Waals surface area contributed by atoms with Crippen molar-refractivity contribution in [3.8, 4) is 0 Å². The second-order valence-electron chi connectivity index (χ2n) is 4.89. The zero-order chi connectivity index (χ0) is 15.5. The smallest absolute Gasteiger partial charge is 0.207 e. The molecule has 0 aliphatic carbocycles. The topological polar surface area (TPSA) is 46.2 Å². The van der Waals surface area contributed by atoms with Crippen LogP contribution in [0.4, 0.5) is 0 Å². The van der Waals surface area contributed by atoms with Crippen molar-refractivity contribution in [3.63, 3.8) is 0 Å². The molecule has 112 valence electrons.